The van der Waals surface area contributed by atoms with Crippen LogP contribution in [-0.4, -0.2) is 38.4 Å². The number of hydrazone groups is 2. The molecule has 0 bridgehead atoms. The SMILES string of the molecule is O=S(=O)([O-])c1ccc(N/N=C/c2cccc(/C=N/Nc3ccc(S(=O)(=O)[O-])cc3)c2)cc1. The lowest BCUT2D eigenvalue weighted by Crippen LogP contribution is -1.98. The Balaban J connectivity index is 1.59. The van der Waals surface area contributed by atoms with E-state index in [1.807, 2.05) is 12.1 Å². The Kier molecular flexibility index (Phi) is 7.00. The van der Waals surface area contributed by atoms with Gasteiger partial charge in [0.1, 0.15) is 20.2 Å². The minimum absolute atomic E-state index is 0.320. The Labute approximate surface area is 184 Å². The molecule has 0 aromatic heterocycles. The fourth-order valence-corrected chi connectivity index (χ4v) is 3.41. The van der Waals surface area contributed by atoms with E-state index in [0.29, 0.717) is 11.4 Å². The topological polar surface area (TPSA) is 163 Å². The summed E-state index contributed by atoms with van der Waals surface area (Å²) in [4.78, 5) is -0.641. The lowest BCUT2D eigenvalue weighted by atomic mass is 10.1. The summed E-state index contributed by atoms with van der Waals surface area (Å²) in [6, 6.07) is 17.7. The third-order valence-corrected chi connectivity index (χ3v) is 5.71. The quantitative estimate of drug-likeness (QED) is 0.287. The zero-order valence-electron chi connectivity index (χ0n) is 16.2. The zero-order valence-corrected chi connectivity index (χ0v) is 17.9. The standard InChI is InChI=1S/C20H18N4O6S2/c25-31(26,27)19-8-4-17(5-9-19)23-21-13-15-2-1-3-16(12-15)14-22-24-18-6-10-20(11-7-18)32(28,29)30/h1-14,23-24H,(H,25,26,27)(H,28,29,30)/p-2/b21-13+,22-14+. The summed E-state index contributed by atoms with van der Waals surface area (Å²) in [5.74, 6) is 0. The van der Waals surface area contributed by atoms with Crippen molar-refractivity contribution in [1.29, 1.82) is 0 Å². The molecule has 0 spiro atoms. The first-order valence-corrected chi connectivity index (χ1v) is 11.7. The van der Waals surface area contributed by atoms with Gasteiger partial charge in [0.15, 0.2) is 0 Å². The van der Waals surface area contributed by atoms with Crippen molar-refractivity contribution in [3.63, 3.8) is 0 Å². The van der Waals surface area contributed by atoms with Gasteiger partial charge in [0.05, 0.1) is 33.6 Å². The molecule has 3 rings (SSSR count). The van der Waals surface area contributed by atoms with Crippen LogP contribution in [-0.2, 0) is 20.2 Å². The van der Waals surface area contributed by atoms with E-state index in [2.05, 4.69) is 21.1 Å². The van der Waals surface area contributed by atoms with E-state index in [9.17, 15) is 25.9 Å². The molecule has 0 aliphatic heterocycles. The van der Waals surface area contributed by atoms with Crippen LogP contribution in [0.25, 0.3) is 0 Å². The predicted octanol–water partition coefficient (Wildman–Crippen LogP) is 2.39. The van der Waals surface area contributed by atoms with E-state index >= 15 is 0 Å². The van der Waals surface area contributed by atoms with Crippen molar-refractivity contribution < 1.29 is 25.9 Å². The Morgan fingerprint density at radius 3 is 1.34 bits per heavy atom. The summed E-state index contributed by atoms with van der Waals surface area (Å²) in [6.45, 7) is 0. The van der Waals surface area contributed by atoms with Crippen LogP contribution in [0, 0.1) is 0 Å². The maximum Gasteiger partial charge on any atom is 0.124 e. The summed E-state index contributed by atoms with van der Waals surface area (Å²) in [7, 11) is -8.98. The molecule has 0 amide bonds. The number of hydrogen-bond donors (Lipinski definition) is 2. The van der Waals surface area contributed by atoms with Crippen LogP contribution in [0.3, 0.4) is 0 Å². The van der Waals surface area contributed by atoms with E-state index < -0.39 is 20.2 Å². The second-order valence-corrected chi connectivity index (χ2v) is 9.13. The van der Waals surface area contributed by atoms with Crippen molar-refractivity contribution in [1.82, 2.24) is 0 Å². The molecular formula is C20H16N4O6S2-2. The van der Waals surface area contributed by atoms with Gasteiger partial charge in [0, 0.05) is 0 Å². The molecule has 166 valence electrons. The van der Waals surface area contributed by atoms with Crippen LogP contribution in [0.5, 0.6) is 0 Å². The average molecular weight is 473 g/mol. The number of anilines is 2. The first-order valence-electron chi connectivity index (χ1n) is 8.91. The third kappa shape index (κ3) is 6.72. The van der Waals surface area contributed by atoms with Gasteiger partial charge >= 0.3 is 0 Å². The molecule has 0 heterocycles. The average Bonchev–Trinajstić information content (AvgIpc) is 2.74. The highest BCUT2D eigenvalue weighted by molar-refractivity contribution is 7.86. The minimum Gasteiger partial charge on any atom is -0.744 e. The van der Waals surface area contributed by atoms with Crippen LogP contribution < -0.4 is 10.9 Å². The summed E-state index contributed by atoms with van der Waals surface area (Å²) < 4.78 is 65.6. The fraction of sp³-hybridized carbons (Fsp3) is 0. The molecule has 0 aliphatic rings. The monoisotopic (exact) mass is 472 g/mol. The summed E-state index contributed by atoms with van der Waals surface area (Å²) >= 11 is 0. The van der Waals surface area contributed by atoms with Crippen LogP contribution >= 0.6 is 0 Å². The second-order valence-electron chi connectivity index (χ2n) is 6.37. The third-order valence-electron chi connectivity index (χ3n) is 4.01. The molecule has 0 unspecified atom stereocenters. The zero-order chi connectivity index (χ0) is 23.2. The summed E-state index contributed by atoms with van der Waals surface area (Å²) in [5, 5.41) is 8.13. The van der Waals surface area contributed by atoms with Gasteiger partial charge in [0.25, 0.3) is 0 Å². The van der Waals surface area contributed by atoms with Crippen molar-refractivity contribution in [3.05, 3.63) is 83.9 Å². The minimum atomic E-state index is -4.49. The Morgan fingerprint density at radius 1 is 0.625 bits per heavy atom. The second kappa shape index (κ2) is 9.70. The van der Waals surface area contributed by atoms with Gasteiger partial charge in [-0.25, -0.2) is 16.8 Å². The number of rotatable bonds is 8. The molecule has 0 saturated heterocycles. The summed E-state index contributed by atoms with van der Waals surface area (Å²) in [6.07, 6.45) is 3.09. The molecule has 0 fully saturated rings. The van der Waals surface area contributed by atoms with Gasteiger partial charge in [-0.15, -0.1) is 0 Å². The van der Waals surface area contributed by atoms with Crippen LogP contribution in [0.2, 0.25) is 0 Å². The fourth-order valence-electron chi connectivity index (χ4n) is 2.47. The Morgan fingerprint density at radius 2 is 1.00 bits per heavy atom. The van der Waals surface area contributed by atoms with Gasteiger partial charge in [-0.2, -0.15) is 10.2 Å². The maximum atomic E-state index is 10.9. The lowest BCUT2D eigenvalue weighted by molar-refractivity contribution is 0.461. The number of hydrogen-bond acceptors (Lipinski definition) is 10. The van der Waals surface area contributed by atoms with Crippen molar-refractivity contribution >= 4 is 44.0 Å². The van der Waals surface area contributed by atoms with Crippen molar-refractivity contribution in [2.75, 3.05) is 10.9 Å². The van der Waals surface area contributed by atoms with Crippen molar-refractivity contribution in [3.8, 4) is 0 Å². The molecule has 10 nitrogen and oxygen atoms in total. The molecule has 0 atom stereocenters. The lowest BCUT2D eigenvalue weighted by Gasteiger charge is -2.07. The van der Waals surface area contributed by atoms with Crippen LogP contribution in [0.1, 0.15) is 11.1 Å². The smallest absolute Gasteiger partial charge is 0.124 e. The highest BCUT2D eigenvalue weighted by atomic mass is 32.2. The van der Waals surface area contributed by atoms with Gasteiger partial charge in [0.2, 0.25) is 0 Å². The van der Waals surface area contributed by atoms with Gasteiger partial charge in [-0.3, -0.25) is 10.9 Å². The van der Waals surface area contributed by atoms with E-state index in [0.717, 1.165) is 11.1 Å². The first-order chi connectivity index (χ1) is 15.1. The largest absolute Gasteiger partial charge is 0.744 e. The molecular weight excluding hydrogens is 456 g/mol. The molecule has 0 aliphatic carbocycles. The molecule has 2 N–H and O–H groups in total. The van der Waals surface area contributed by atoms with Crippen molar-refractivity contribution in [2.24, 2.45) is 10.2 Å². The van der Waals surface area contributed by atoms with E-state index in [4.69, 9.17) is 0 Å². The number of nitrogens with one attached hydrogen (secondary N) is 2. The first kappa shape index (κ1) is 23.1. The highest BCUT2D eigenvalue weighted by Gasteiger charge is 2.01. The maximum absolute atomic E-state index is 10.9. The van der Waals surface area contributed by atoms with Gasteiger partial charge in [-0.05, 0) is 65.7 Å². The van der Waals surface area contributed by atoms with E-state index in [-0.39, 0.29) is 9.79 Å². The number of benzene rings is 3. The van der Waals surface area contributed by atoms with E-state index in [1.54, 1.807) is 24.6 Å². The molecule has 12 heteroatoms. The summed E-state index contributed by atoms with van der Waals surface area (Å²) in [5.41, 5.74) is 7.99. The Hall–Kier alpha value is -3.58. The molecule has 3 aromatic rings. The number of nitrogens with zero attached hydrogens (tertiary/aromatic N) is 2. The molecule has 0 radical (unpaired) electrons. The Bertz CT molecular complexity index is 1250. The van der Waals surface area contributed by atoms with E-state index in [1.165, 1.54) is 48.5 Å². The van der Waals surface area contributed by atoms with Crippen molar-refractivity contribution in [2.45, 2.75) is 9.79 Å². The molecule has 0 saturated carbocycles. The predicted molar refractivity (Wildman–Crippen MR) is 118 cm³/mol. The molecule has 32 heavy (non-hydrogen) atoms. The normalized spacial score (nSPS) is 12.3. The highest BCUT2D eigenvalue weighted by Crippen LogP contribution is 2.14. The van der Waals surface area contributed by atoms with Crippen LogP contribution in [0.4, 0.5) is 11.4 Å². The molecule has 3 aromatic carbocycles. The van der Waals surface area contributed by atoms with Crippen LogP contribution in [0.15, 0.2) is 92.8 Å². The van der Waals surface area contributed by atoms with Gasteiger partial charge in [-0.1, -0.05) is 18.2 Å². The van der Waals surface area contributed by atoms with Gasteiger partial charge < -0.3 is 9.11 Å².